The molecule has 0 aliphatic carbocycles. The van der Waals surface area contributed by atoms with E-state index in [0.717, 1.165) is 17.0 Å². The molecule has 1 amide bonds. The number of benzene rings is 2. The summed E-state index contributed by atoms with van der Waals surface area (Å²) in [5.41, 5.74) is -4.16. The highest BCUT2D eigenvalue weighted by Gasteiger charge is 2.49. The van der Waals surface area contributed by atoms with Crippen LogP contribution in [0.25, 0.3) is 0 Å². The third kappa shape index (κ3) is 4.02. The van der Waals surface area contributed by atoms with E-state index in [2.05, 4.69) is 5.32 Å². The molecule has 2 aromatic rings. The van der Waals surface area contributed by atoms with E-state index in [1.807, 2.05) is 22.6 Å². The fourth-order valence-corrected chi connectivity index (χ4v) is 3.57. The Labute approximate surface area is 198 Å². The van der Waals surface area contributed by atoms with Gasteiger partial charge < -0.3 is 20.6 Å². The highest BCUT2D eigenvalue weighted by atomic mass is 127. The van der Waals surface area contributed by atoms with Crippen molar-refractivity contribution in [3.05, 3.63) is 56.9 Å². The maximum absolute atomic E-state index is 14.8. The molecule has 3 N–H and O–H groups in total. The third-order valence-corrected chi connectivity index (χ3v) is 5.34. The number of nitrogens with zero attached hydrogens (tertiary/aromatic N) is 1. The Kier molecular flexibility index (Phi) is 3.58. The lowest BCUT2D eigenvalue weighted by molar-refractivity contribution is -0.108. The lowest BCUT2D eigenvalue weighted by Crippen LogP contribution is -2.72. The SMILES string of the molecule is [2H]C1([2H])NC([2H])(C2(O)CN(C(=O)c3ccc(F)c(F)c3Nc3ccc(I)cc3F)C2)C([2H])([2H])C([2H])([2H])C1([2H])[2H]. The van der Waals surface area contributed by atoms with Crippen molar-refractivity contribution in [2.45, 2.75) is 30.7 Å². The molecule has 2 saturated heterocycles. The topological polar surface area (TPSA) is 64.6 Å². The van der Waals surface area contributed by atoms with Crippen LogP contribution >= 0.6 is 22.6 Å². The van der Waals surface area contributed by atoms with Gasteiger partial charge in [0.2, 0.25) is 0 Å². The molecule has 2 aliphatic rings. The van der Waals surface area contributed by atoms with Gasteiger partial charge in [0, 0.05) is 21.9 Å². The fourth-order valence-electron chi connectivity index (χ4n) is 3.12. The van der Waals surface area contributed by atoms with Crippen molar-refractivity contribution in [2.75, 3.05) is 24.9 Å². The fraction of sp³-hybridized carbons (Fsp3) is 0.381. The van der Waals surface area contributed by atoms with Crippen molar-refractivity contribution in [2.24, 2.45) is 0 Å². The van der Waals surface area contributed by atoms with Gasteiger partial charge in [0.05, 0.1) is 30.0 Å². The number of anilines is 2. The lowest BCUT2D eigenvalue weighted by Gasteiger charge is -2.51. The molecule has 1 atom stereocenters. The molecule has 0 saturated carbocycles. The van der Waals surface area contributed by atoms with E-state index in [1.165, 1.54) is 12.1 Å². The molecule has 0 aromatic heterocycles. The van der Waals surface area contributed by atoms with Gasteiger partial charge in [-0.05, 0) is 72.2 Å². The summed E-state index contributed by atoms with van der Waals surface area (Å²) in [5.74, 6) is -4.75. The monoisotopic (exact) mass is 540 g/mol. The van der Waals surface area contributed by atoms with Crippen molar-refractivity contribution in [1.82, 2.24) is 10.2 Å². The summed E-state index contributed by atoms with van der Waals surface area (Å²) < 4.78 is 116. The third-order valence-electron chi connectivity index (χ3n) is 4.67. The maximum Gasteiger partial charge on any atom is 0.256 e. The van der Waals surface area contributed by atoms with Gasteiger partial charge >= 0.3 is 0 Å². The highest BCUT2D eigenvalue weighted by Crippen LogP contribution is 2.34. The van der Waals surface area contributed by atoms with Crippen molar-refractivity contribution in [1.29, 1.82) is 0 Å². The average molecular weight is 540 g/mol. The molecule has 2 heterocycles. The van der Waals surface area contributed by atoms with Crippen molar-refractivity contribution in [3.63, 3.8) is 0 Å². The number of hydrogen-bond donors (Lipinski definition) is 3. The second-order valence-electron chi connectivity index (χ2n) is 6.73. The quantitative estimate of drug-likeness (QED) is 0.517. The number of β-amino-alcohol motifs (C(OH)–C–C–N with tert-alkyl or cyclic N) is 1. The van der Waals surface area contributed by atoms with E-state index in [-0.39, 0.29) is 5.69 Å². The first kappa shape index (κ1) is 12.9. The summed E-state index contributed by atoms with van der Waals surface area (Å²) in [4.78, 5) is 14.0. The van der Waals surface area contributed by atoms with Crippen LogP contribution in [0.5, 0.6) is 0 Å². The average Bonchev–Trinajstić information content (AvgIpc) is 2.79. The zero-order valence-corrected chi connectivity index (χ0v) is 17.3. The van der Waals surface area contributed by atoms with E-state index < -0.39 is 84.9 Å². The molecule has 0 radical (unpaired) electrons. The number of nitrogens with one attached hydrogen (secondary N) is 2. The molecule has 4 rings (SSSR count). The molecule has 2 aliphatic heterocycles. The van der Waals surface area contributed by atoms with Gasteiger partial charge in [-0.3, -0.25) is 4.79 Å². The van der Waals surface area contributed by atoms with E-state index in [4.69, 9.17) is 12.3 Å². The number of rotatable bonds is 4. The van der Waals surface area contributed by atoms with E-state index in [1.54, 1.807) is 5.32 Å². The number of aliphatic hydroxyl groups is 1. The van der Waals surface area contributed by atoms with Crippen LogP contribution in [-0.4, -0.2) is 47.1 Å². The summed E-state index contributed by atoms with van der Waals surface area (Å²) in [6, 6.07) is 2.15. The van der Waals surface area contributed by atoms with Crippen molar-refractivity contribution < 1.29 is 35.4 Å². The normalized spacial score (nSPS) is 34.2. The van der Waals surface area contributed by atoms with Crippen LogP contribution < -0.4 is 10.6 Å². The molecular weight excluding hydrogens is 510 g/mol. The standard InChI is InChI=1S/C21H21F3IN3O2/c22-14-6-5-13(19(18(14)24)27-16-7-4-12(25)9-15(16)23)20(29)28-10-21(30,11-28)17-3-1-2-8-26-17/h4-7,9,17,26-27,30H,1-3,8,10-11H2/i1D2,2D2,3D2,8D2,17D. The van der Waals surface area contributed by atoms with Gasteiger partial charge in [-0.2, -0.15) is 0 Å². The molecule has 30 heavy (non-hydrogen) atoms. The zero-order valence-electron chi connectivity index (χ0n) is 24.1. The Morgan fingerprint density at radius 3 is 2.77 bits per heavy atom. The predicted molar refractivity (Wildman–Crippen MR) is 115 cm³/mol. The van der Waals surface area contributed by atoms with Crippen LogP contribution in [0.15, 0.2) is 30.3 Å². The molecule has 160 valence electrons. The molecule has 9 heteroatoms. The first-order valence-corrected chi connectivity index (χ1v) is 9.72. The zero-order chi connectivity index (χ0) is 29.6. The Bertz CT molecular complexity index is 1360. The largest absolute Gasteiger partial charge is 0.385 e. The van der Waals surface area contributed by atoms with Crippen LogP contribution in [0, 0.1) is 21.0 Å². The van der Waals surface area contributed by atoms with Gasteiger partial charge in [-0.1, -0.05) is 6.37 Å². The minimum atomic E-state index is -3.62. The molecule has 2 aromatic carbocycles. The Balaban J connectivity index is 1.66. The van der Waals surface area contributed by atoms with E-state index in [9.17, 15) is 23.1 Å². The van der Waals surface area contributed by atoms with Crippen LogP contribution in [0.1, 0.15) is 41.8 Å². The number of hydrogen-bond acceptors (Lipinski definition) is 4. The van der Waals surface area contributed by atoms with Crippen LogP contribution in [0.2, 0.25) is 0 Å². The summed E-state index contributed by atoms with van der Waals surface area (Å²) in [5, 5.41) is 15.3. The molecule has 0 spiro atoms. The number of halogens is 4. The summed E-state index contributed by atoms with van der Waals surface area (Å²) in [6.45, 7) is -5.08. The first-order chi connectivity index (χ1) is 17.6. The molecule has 1 unspecified atom stereocenters. The highest BCUT2D eigenvalue weighted by molar-refractivity contribution is 14.1. The van der Waals surface area contributed by atoms with Gasteiger partial charge in [-0.15, -0.1) is 0 Å². The van der Waals surface area contributed by atoms with Crippen LogP contribution in [0.4, 0.5) is 24.5 Å². The van der Waals surface area contributed by atoms with Crippen LogP contribution in [0.3, 0.4) is 0 Å². The van der Waals surface area contributed by atoms with Gasteiger partial charge in [0.15, 0.2) is 11.6 Å². The number of likely N-dealkylation sites (tertiary alicyclic amines) is 1. The van der Waals surface area contributed by atoms with E-state index in [0.29, 0.717) is 9.64 Å². The van der Waals surface area contributed by atoms with Crippen LogP contribution in [-0.2, 0) is 0 Å². The minimum absolute atomic E-state index is 0.280. The van der Waals surface area contributed by atoms with Crippen molar-refractivity contribution >= 4 is 39.9 Å². The smallest absolute Gasteiger partial charge is 0.256 e. The predicted octanol–water partition coefficient (Wildman–Crippen LogP) is 3.78. The van der Waals surface area contributed by atoms with Gasteiger partial charge in [0.25, 0.3) is 5.91 Å². The first-order valence-electron chi connectivity index (χ1n) is 13.1. The molecular formula is C21H21F3IN3O2. The Hall–Kier alpha value is -1.85. The number of carbonyl (C=O) groups is 1. The second-order valence-corrected chi connectivity index (χ2v) is 7.97. The lowest BCUT2D eigenvalue weighted by atomic mass is 9.81. The number of carbonyl (C=O) groups excluding carboxylic acids is 1. The second kappa shape index (κ2) is 8.35. The van der Waals surface area contributed by atoms with Crippen molar-refractivity contribution in [3.8, 4) is 0 Å². The van der Waals surface area contributed by atoms with Gasteiger partial charge in [-0.25, -0.2) is 13.2 Å². The minimum Gasteiger partial charge on any atom is -0.385 e. The molecule has 5 nitrogen and oxygen atoms in total. The summed E-state index contributed by atoms with van der Waals surface area (Å²) in [7, 11) is 0. The van der Waals surface area contributed by atoms with Gasteiger partial charge in [0.1, 0.15) is 11.4 Å². The number of piperidine rings is 1. The van der Waals surface area contributed by atoms with E-state index >= 15 is 0 Å². The summed E-state index contributed by atoms with van der Waals surface area (Å²) in [6.07, 6.45) is -10.6. The number of amides is 1. The molecule has 2 fully saturated rings. The maximum atomic E-state index is 14.8. The Morgan fingerprint density at radius 1 is 1.27 bits per heavy atom. The molecule has 0 bridgehead atoms. The Morgan fingerprint density at radius 2 is 2.03 bits per heavy atom. The summed E-state index contributed by atoms with van der Waals surface area (Å²) >= 11 is 1.83.